The quantitative estimate of drug-likeness (QED) is 0.259. The molecule has 0 spiro atoms. The molecule has 0 aromatic heterocycles. The van der Waals surface area contributed by atoms with Crippen LogP contribution in [0.4, 0.5) is 0 Å². The number of hydrogen-bond acceptors (Lipinski definition) is 4. The van der Waals surface area contributed by atoms with Gasteiger partial charge < -0.3 is 14.6 Å². The van der Waals surface area contributed by atoms with Crippen LogP contribution < -0.4 is 18.9 Å². The summed E-state index contributed by atoms with van der Waals surface area (Å²) in [5.74, 6) is -1.39. The van der Waals surface area contributed by atoms with Crippen molar-refractivity contribution in [1.82, 2.24) is 0 Å². The van der Waals surface area contributed by atoms with E-state index in [-0.39, 0.29) is 47.7 Å². The van der Waals surface area contributed by atoms with Crippen LogP contribution in [0, 0.1) is 5.92 Å². The van der Waals surface area contributed by atoms with Gasteiger partial charge in [-0.05, 0) is 18.0 Å². The first-order valence-electron chi connectivity index (χ1n) is 5.01. The largest absolute Gasteiger partial charge is 1.00 e. The summed E-state index contributed by atoms with van der Waals surface area (Å²) in [6.45, 7) is 3.20. The zero-order chi connectivity index (χ0) is 13.0. The molecule has 0 saturated carbocycles. The number of Topliss-reactive ketones (excluding diaryl/α,β-unsaturated/α-hetero) is 1. The topological polar surface area (TPSA) is 63.6 Å². The van der Waals surface area contributed by atoms with E-state index >= 15 is 0 Å². The van der Waals surface area contributed by atoms with E-state index in [9.17, 15) is 14.7 Å². The van der Waals surface area contributed by atoms with Gasteiger partial charge in [-0.15, -0.1) is 17.2 Å². The van der Waals surface area contributed by atoms with Crippen LogP contribution in [-0.4, -0.2) is 23.5 Å². The van der Waals surface area contributed by atoms with Crippen LogP contribution in [-0.2, 0) is 9.53 Å². The van der Waals surface area contributed by atoms with E-state index in [2.05, 4.69) is 0 Å². The number of benzene rings is 1. The molecule has 0 heterocycles. The molecule has 4 nitrogen and oxygen atoms in total. The number of rotatable bonds is 4. The minimum Gasteiger partial charge on any atom is -0.510 e. The van der Waals surface area contributed by atoms with E-state index in [1.165, 1.54) is 25.1 Å². The molecule has 1 rings (SSSR count). The normalized spacial score (nSPS) is 9.28. The molecule has 1 N–H and O–H groups in total. The fraction of sp³-hybridized carbons (Fsp3) is 0.250. The maximum Gasteiger partial charge on any atom is 1.00 e. The van der Waals surface area contributed by atoms with Gasteiger partial charge in [0.2, 0.25) is 0 Å². The van der Waals surface area contributed by atoms with Crippen LogP contribution in [0.25, 0.3) is 0 Å². The molecule has 0 saturated heterocycles. The van der Waals surface area contributed by atoms with Crippen LogP contribution in [0.1, 0.15) is 24.2 Å². The van der Waals surface area contributed by atoms with Gasteiger partial charge >= 0.3 is 18.9 Å². The molecule has 6 heteroatoms. The Morgan fingerprint density at radius 3 is 2.61 bits per heavy atom. The van der Waals surface area contributed by atoms with Gasteiger partial charge in [0.15, 0.2) is 0 Å². The Labute approximate surface area is 122 Å². The maximum atomic E-state index is 11.9. The van der Waals surface area contributed by atoms with Gasteiger partial charge in [0.05, 0.1) is 12.4 Å². The van der Waals surface area contributed by atoms with Gasteiger partial charge in [-0.1, -0.05) is 25.0 Å². The number of ketones is 1. The van der Waals surface area contributed by atoms with Gasteiger partial charge in [0.25, 0.3) is 5.97 Å². The van der Waals surface area contributed by atoms with Gasteiger partial charge in [-0.3, -0.25) is 4.79 Å². The van der Waals surface area contributed by atoms with Crippen LogP contribution in [0.5, 0.6) is 5.75 Å². The molecule has 18 heavy (non-hydrogen) atoms. The minimum atomic E-state index is -0.683. The minimum absolute atomic E-state index is 0. The number of esters is 1. The molecule has 0 atom stereocenters. The van der Waals surface area contributed by atoms with Crippen molar-refractivity contribution < 1.29 is 38.3 Å². The molecule has 92 valence electrons. The number of ether oxygens (including phenoxy) is 1. The van der Waals surface area contributed by atoms with Crippen LogP contribution >= 0.6 is 11.6 Å². The van der Waals surface area contributed by atoms with Gasteiger partial charge in [0, 0.05) is 5.78 Å². The van der Waals surface area contributed by atoms with Gasteiger partial charge in [-0.2, -0.15) is 0 Å². The van der Waals surface area contributed by atoms with Gasteiger partial charge in [-0.25, -0.2) is 0 Å². The number of carbonyl (C=O) groups is 2. The number of aromatic hydroxyl groups is 1. The van der Waals surface area contributed by atoms with Crippen molar-refractivity contribution in [2.45, 2.75) is 13.8 Å². The van der Waals surface area contributed by atoms with E-state index in [4.69, 9.17) is 16.3 Å². The Bertz CT molecular complexity index is 448. The number of carbonyl (C=O) groups excluding carboxylic acids is 2. The number of halogens is 1. The first-order valence-corrected chi connectivity index (χ1v) is 5.39. The number of phenolic OH excluding ortho intramolecular Hbond substituents is 1. The molecule has 0 radical (unpaired) electrons. The Kier molecular flexibility index (Phi) is 6.93. The van der Waals surface area contributed by atoms with E-state index in [0.29, 0.717) is 0 Å². The summed E-state index contributed by atoms with van der Waals surface area (Å²) in [7, 11) is 0. The van der Waals surface area contributed by atoms with Crippen LogP contribution in [0.3, 0.4) is 0 Å². The third-order valence-corrected chi connectivity index (χ3v) is 2.45. The maximum absolute atomic E-state index is 11.9. The Hall–Kier alpha value is -1.08. The van der Waals surface area contributed by atoms with Crippen molar-refractivity contribution in [2.75, 3.05) is 6.61 Å². The predicted molar refractivity (Wildman–Crippen MR) is 63.0 cm³/mol. The van der Waals surface area contributed by atoms with Gasteiger partial charge in [0.1, 0.15) is 0 Å². The molecule has 0 bridgehead atoms. The molecule has 0 aliphatic heterocycles. The molecule has 0 fully saturated rings. The van der Waals surface area contributed by atoms with Crippen molar-refractivity contribution in [3.8, 4) is 5.75 Å². The Morgan fingerprint density at radius 2 is 2.06 bits per heavy atom. The summed E-state index contributed by atoms with van der Waals surface area (Å²) >= 11 is 5.82. The molecular formula is C12H12ClLiO4. The van der Waals surface area contributed by atoms with Crippen molar-refractivity contribution in [2.24, 2.45) is 0 Å². The fourth-order valence-electron chi connectivity index (χ4n) is 1.22. The average Bonchev–Trinajstić information content (AvgIpc) is 2.30. The molecular weight excluding hydrogens is 251 g/mol. The summed E-state index contributed by atoms with van der Waals surface area (Å²) in [5.41, 5.74) is 0.0808. The van der Waals surface area contributed by atoms with Crippen molar-refractivity contribution >= 4 is 23.4 Å². The van der Waals surface area contributed by atoms with E-state index < -0.39 is 11.8 Å². The average molecular weight is 263 g/mol. The van der Waals surface area contributed by atoms with Crippen LogP contribution in [0.15, 0.2) is 18.2 Å². The first kappa shape index (κ1) is 16.9. The van der Waals surface area contributed by atoms with E-state index in [0.717, 1.165) is 0 Å². The molecule has 0 unspecified atom stereocenters. The predicted octanol–water partition coefficient (Wildman–Crippen LogP) is -0.610. The van der Waals surface area contributed by atoms with E-state index in [1.807, 2.05) is 0 Å². The third kappa shape index (κ3) is 3.99. The second-order valence-corrected chi connectivity index (χ2v) is 3.75. The monoisotopic (exact) mass is 262 g/mol. The number of phenols is 1. The van der Waals surface area contributed by atoms with Crippen molar-refractivity contribution in [3.63, 3.8) is 0 Å². The molecule has 0 aliphatic carbocycles. The second kappa shape index (κ2) is 7.37. The standard InChI is InChI=1S/C12H12ClO4.Li/c1-3-17-12(16)7(2)11(15)9-6-8(14)4-5-10(9)13;/h4-6,14H,3H2,1-2H3;/q-1;+1. The first-order chi connectivity index (χ1) is 7.97. The Balaban J connectivity index is 0.00000289. The molecule has 0 aliphatic rings. The molecule has 1 aromatic carbocycles. The zero-order valence-electron chi connectivity index (χ0n) is 10.5. The van der Waals surface area contributed by atoms with Crippen molar-refractivity contribution in [1.29, 1.82) is 0 Å². The zero-order valence-corrected chi connectivity index (χ0v) is 11.2. The second-order valence-electron chi connectivity index (χ2n) is 3.34. The smallest absolute Gasteiger partial charge is 0.510 e. The molecule has 1 aromatic rings. The summed E-state index contributed by atoms with van der Waals surface area (Å²) < 4.78 is 4.71. The third-order valence-electron chi connectivity index (χ3n) is 2.12. The van der Waals surface area contributed by atoms with Crippen LogP contribution in [0.2, 0.25) is 5.02 Å². The Morgan fingerprint density at radius 1 is 1.44 bits per heavy atom. The fourth-order valence-corrected chi connectivity index (χ4v) is 1.42. The summed E-state index contributed by atoms with van der Waals surface area (Å²) in [4.78, 5) is 23.3. The summed E-state index contributed by atoms with van der Waals surface area (Å²) in [6.07, 6.45) is 0. The summed E-state index contributed by atoms with van der Waals surface area (Å²) in [5, 5.41) is 9.45. The summed E-state index contributed by atoms with van der Waals surface area (Å²) in [6, 6.07) is 3.97. The SMILES string of the molecule is CCOC(=O)[C-](C)C(=O)c1cc(O)ccc1Cl.[Li+]. The van der Waals surface area contributed by atoms with Crippen molar-refractivity contribution in [3.05, 3.63) is 34.7 Å². The van der Waals surface area contributed by atoms with E-state index in [1.54, 1.807) is 6.92 Å². The molecule has 0 amide bonds. The number of hydrogen-bond donors (Lipinski definition) is 1.